The van der Waals surface area contributed by atoms with E-state index in [1.807, 2.05) is 0 Å². The van der Waals surface area contributed by atoms with E-state index < -0.39 is 23.5 Å². The molecule has 124 valence electrons. The Bertz CT molecular complexity index is 631. The summed E-state index contributed by atoms with van der Waals surface area (Å²) >= 11 is 2.07. The van der Waals surface area contributed by atoms with E-state index in [1.54, 1.807) is 30.3 Å². The van der Waals surface area contributed by atoms with Crippen molar-refractivity contribution in [2.45, 2.75) is 31.0 Å². The van der Waals surface area contributed by atoms with Crippen molar-refractivity contribution >= 4 is 40.2 Å². The van der Waals surface area contributed by atoms with Gasteiger partial charge in [-0.2, -0.15) is 13.2 Å². The van der Waals surface area contributed by atoms with Crippen molar-refractivity contribution in [3.8, 4) is 0 Å². The van der Waals surface area contributed by atoms with Gasteiger partial charge < -0.3 is 4.74 Å². The summed E-state index contributed by atoms with van der Waals surface area (Å²) in [4.78, 5) is 27.7. The van der Waals surface area contributed by atoms with E-state index in [0.717, 1.165) is 0 Å². The van der Waals surface area contributed by atoms with Crippen LogP contribution in [0.3, 0.4) is 0 Å². The number of nitrogens with zero attached hydrogens (tertiary/aromatic N) is 1. The molecule has 1 aliphatic heterocycles. The lowest BCUT2D eigenvalue weighted by Crippen LogP contribution is -2.49. The molecule has 1 aromatic rings. The van der Waals surface area contributed by atoms with Gasteiger partial charge in [-0.05, 0) is 35.8 Å². The van der Waals surface area contributed by atoms with Crippen LogP contribution in [0.4, 0.5) is 13.2 Å². The Morgan fingerprint density at radius 1 is 1.22 bits per heavy atom. The zero-order chi connectivity index (χ0) is 17.1. The van der Waals surface area contributed by atoms with Crippen LogP contribution in [0.1, 0.15) is 24.8 Å². The molecular weight excluding hydrogens is 426 g/mol. The molecule has 2 rings (SSSR count). The van der Waals surface area contributed by atoms with Crippen molar-refractivity contribution in [2.24, 2.45) is 4.99 Å². The molecule has 4 nitrogen and oxygen atoms in total. The first-order chi connectivity index (χ1) is 10.8. The maximum Gasteiger partial charge on any atom is 0.453 e. The van der Waals surface area contributed by atoms with Crippen LogP contribution in [0.5, 0.6) is 0 Å². The van der Waals surface area contributed by atoms with Gasteiger partial charge in [-0.3, -0.25) is 4.79 Å². The van der Waals surface area contributed by atoms with Crippen LogP contribution in [0.25, 0.3) is 0 Å². The summed E-state index contributed by atoms with van der Waals surface area (Å²) in [5, 5.41) is 0. The maximum atomic E-state index is 12.9. The molecule has 0 bridgehead atoms. The van der Waals surface area contributed by atoms with Gasteiger partial charge >= 0.3 is 12.1 Å². The van der Waals surface area contributed by atoms with Crippen LogP contribution >= 0.6 is 22.6 Å². The molecule has 0 amide bonds. The number of rotatable bonds is 6. The van der Waals surface area contributed by atoms with E-state index in [2.05, 4.69) is 27.6 Å². The largest absolute Gasteiger partial charge is 0.453 e. The van der Waals surface area contributed by atoms with Crippen LogP contribution in [0.15, 0.2) is 35.3 Å². The standard InChI is InChI=1S/C15H13F3INO3/c16-15(17,18)12(21)14(8-4-5-9-19)13(22)23-11(20-14)10-6-2-1-3-7-10/h1-3,6-7H,4-5,8-9H2. The van der Waals surface area contributed by atoms with Gasteiger partial charge in [0.15, 0.2) is 0 Å². The topological polar surface area (TPSA) is 55.7 Å². The fourth-order valence-corrected chi connectivity index (χ4v) is 2.78. The predicted molar refractivity (Wildman–Crippen MR) is 85.6 cm³/mol. The quantitative estimate of drug-likeness (QED) is 0.224. The number of Topliss-reactive ketones (excluding diaryl/α,β-unsaturated/α-hetero) is 1. The number of aliphatic imine (C=N–C) groups is 1. The SMILES string of the molecule is O=C1OC(c2ccccc2)=NC1(CCCCI)C(=O)C(F)(F)F. The van der Waals surface area contributed by atoms with Gasteiger partial charge in [0.2, 0.25) is 11.4 Å². The molecule has 23 heavy (non-hydrogen) atoms. The Morgan fingerprint density at radius 2 is 1.87 bits per heavy atom. The molecule has 0 radical (unpaired) electrons. The van der Waals surface area contributed by atoms with Crippen molar-refractivity contribution in [3.63, 3.8) is 0 Å². The normalized spacial score (nSPS) is 21.0. The zero-order valence-electron chi connectivity index (χ0n) is 11.9. The fourth-order valence-electron chi connectivity index (χ4n) is 2.24. The van der Waals surface area contributed by atoms with Crippen LogP contribution < -0.4 is 0 Å². The summed E-state index contributed by atoms with van der Waals surface area (Å²) in [6.07, 6.45) is -4.62. The van der Waals surface area contributed by atoms with E-state index >= 15 is 0 Å². The number of hydrogen-bond donors (Lipinski definition) is 0. The summed E-state index contributed by atoms with van der Waals surface area (Å²) in [6, 6.07) is 8.06. The van der Waals surface area contributed by atoms with Crippen molar-refractivity contribution in [1.29, 1.82) is 0 Å². The molecule has 0 aliphatic carbocycles. The minimum atomic E-state index is -5.15. The first-order valence-corrected chi connectivity index (χ1v) is 8.39. The smallest absolute Gasteiger partial charge is 0.405 e. The number of halogens is 4. The zero-order valence-corrected chi connectivity index (χ0v) is 14.1. The lowest BCUT2D eigenvalue weighted by Gasteiger charge is -2.21. The third kappa shape index (κ3) is 3.73. The van der Waals surface area contributed by atoms with Gasteiger partial charge in [-0.1, -0.05) is 40.8 Å². The molecule has 0 fully saturated rings. The summed E-state index contributed by atoms with van der Waals surface area (Å²) in [7, 11) is 0. The van der Waals surface area contributed by atoms with Gasteiger partial charge in [-0.25, -0.2) is 9.79 Å². The summed E-state index contributed by atoms with van der Waals surface area (Å²) in [5.41, 5.74) is -2.17. The lowest BCUT2D eigenvalue weighted by atomic mass is 9.88. The third-order valence-corrected chi connectivity index (χ3v) is 4.16. The van der Waals surface area contributed by atoms with Gasteiger partial charge in [0, 0.05) is 5.56 Å². The average molecular weight is 439 g/mol. The maximum absolute atomic E-state index is 12.9. The molecule has 1 aliphatic rings. The molecule has 8 heteroatoms. The van der Waals surface area contributed by atoms with Crippen molar-refractivity contribution < 1.29 is 27.5 Å². The monoisotopic (exact) mass is 439 g/mol. The number of carbonyl (C=O) groups excluding carboxylic acids is 2. The summed E-state index contributed by atoms with van der Waals surface area (Å²) in [6.45, 7) is 0. The minimum Gasteiger partial charge on any atom is -0.405 e. The second kappa shape index (κ2) is 6.98. The van der Waals surface area contributed by atoms with E-state index in [1.165, 1.54) is 0 Å². The molecule has 0 spiro atoms. The number of ketones is 1. The predicted octanol–water partition coefficient (Wildman–Crippen LogP) is 3.47. The highest BCUT2D eigenvalue weighted by molar-refractivity contribution is 14.1. The molecular formula is C15H13F3INO3. The fraction of sp³-hybridized carbons (Fsp3) is 0.400. The average Bonchev–Trinajstić information content (AvgIpc) is 2.85. The molecule has 0 aromatic heterocycles. The highest BCUT2D eigenvalue weighted by Crippen LogP contribution is 2.35. The molecule has 1 heterocycles. The highest BCUT2D eigenvalue weighted by atomic mass is 127. The van der Waals surface area contributed by atoms with Crippen LogP contribution in [0, 0.1) is 0 Å². The van der Waals surface area contributed by atoms with Crippen molar-refractivity contribution in [3.05, 3.63) is 35.9 Å². The Balaban J connectivity index is 2.42. The molecule has 1 aromatic carbocycles. The molecule has 0 N–H and O–H groups in total. The van der Waals surface area contributed by atoms with Crippen LogP contribution in [-0.4, -0.2) is 33.8 Å². The number of hydrogen-bond acceptors (Lipinski definition) is 4. The van der Waals surface area contributed by atoms with E-state index in [-0.39, 0.29) is 18.7 Å². The van der Waals surface area contributed by atoms with Crippen molar-refractivity contribution in [1.82, 2.24) is 0 Å². The van der Waals surface area contributed by atoms with Gasteiger partial charge in [0.05, 0.1) is 0 Å². The number of benzene rings is 1. The number of unbranched alkanes of at least 4 members (excludes halogenated alkanes) is 1. The Kier molecular flexibility index (Phi) is 5.43. The first-order valence-electron chi connectivity index (χ1n) is 6.86. The number of cyclic esters (lactones) is 1. The molecule has 1 unspecified atom stereocenters. The van der Waals surface area contributed by atoms with E-state index in [4.69, 9.17) is 4.74 Å². The number of alkyl halides is 4. The van der Waals surface area contributed by atoms with E-state index in [0.29, 0.717) is 16.4 Å². The summed E-state index contributed by atoms with van der Waals surface area (Å²) in [5.74, 6) is -3.68. The second-order valence-electron chi connectivity index (χ2n) is 5.01. The Morgan fingerprint density at radius 3 is 2.43 bits per heavy atom. The first kappa shape index (κ1) is 17.9. The van der Waals surface area contributed by atoms with Crippen LogP contribution in [0.2, 0.25) is 0 Å². The van der Waals surface area contributed by atoms with E-state index in [9.17, 15) is 22.8 Å². The molecule has 1 atom stereocenters. The highest BCUT2D eigenvalue weighted by Gasteiger charge is 2.61. The van der Waals surface area contributed by atoms with Crippen LogP contribution in [-0.2, 0) is 14.3 Å². The molecule has 0 saturated heterocycles. The number of esters is 1. The Labute approximate surface area is 144 Å². The summed E-state index contributed by atoms with van der Waals surface area (Å²) < 4.78 is 44.4. The second-order valence-corrected chi connectivity index (χ2v) is 6.08. The molecule has 0 saturated carbocycles. The lowest BCUT2D eigenvalue weighted by molar-refractivity contribution is -0.180. The van der Waals surface area contributed by atoms with Gasteiger partial charge in [0.1, 0.15) is 0 Å². The Hall–Kier alpha value is -1.45. The van der Waals surface area contributed by atoms with Crippen molar-refractivity contribution in [2.75, 3.05) is 4.43 Å². The van der Waals surface area contributed by atoms with Gasteiger partial charge in [0.25, 0.3) is 5.78 Å². The number of ether oxygens (including phenoxy) is 1. The minimum absolute atomic E-state index is 0.248. The van der Waals surface area contributed by atoms with Gasteiger partial charge in [-0.15, -0.1) is 0 Å². The number of carbonyl (C=O) groups is 2. The third-order valence-electron chi connectivity index (χ3n) is 3.40.